The third-order valence-corrected chi connectivity index (χ3v) is 4.77. The van der Waals surface area contributed by atoms with E-state index in [1.165, 1.54) is 0 Å². The summed E-state index contributed by atoms with van der Waals surface area (Å²) in [5.74, 6) is 0.872. The maximum Gasteiger partial charge on any atom is 0.253 e. The predicted octanol–water partition coefficient (Wildman–Crippen LogP) is 2.74. The number of hydrogen-bond acceptors (Lipinski definition) is 5. The highest BCUT2D eigenvalue weighted by atomic mass is 16.2. The third-order valence-electron chi connectivity index (χ3n) is 4.77. The summed E-state index contributed by atoms with van der Waals surface area (Å²) in [7, 11) is 3.99. The highest BCUT2D eigenvalue weighted by molar-refractivity contribution is 5.94. The van der Waals surface area contributed by atoms with Crippen LogP contribution in [-0.2, 0) is 0 Å². The minimum absolute atomic E-state index is 0.0710. The molecule has 26 heavy (non-hydrogen) atoms. The Morgan fingerprint density at radius 3 is 2.62 bits per heavy atom. The molecule has 1 aromatic heterocycles. The van der Waals surface area contributed by atoms with Crippen molar-refractivity contribution in [1.82, 2.24) is 19.8 Å². The average molecular weight is 353 g/mol. The zero-order valence-electron chi connectivity index (χ0n) is 15.9. The van der Waals surface area contributed by atoms with Crippen molar-refractivity contribution >= 4 is 11.7 Å². The predicted molar refractivity (Wildman–Crippen MR) is 104 cm³/mol. The molecule has 2 aromatic rings. The topological polar surface area (TPSA) is 61.4 Å². The summed E-state index contributed by atoms with van der Waals surface area (Å²) < 4.78 is 0. The molecule has 3 rings (SSSR count). The monoisotopic (exact) mass is 353 g/mol. The van der Waals surface area contributed by atoms with Crippen LogP contribution in [0.25, 0.3) is 11.3 Å². The van der Waals surface area contributed by atoms with Crippen molar-refractivity contribution in [1.29, 1.82) is 0 Å². The largest absolute Gasteiger partial charge is 0.368 e. The zero-order chi connectivity index (χ0) is 18.7. The van der Waals surface area contributed by atoms with Gasteiger partial charge in [0.05, 0.1) is 5.69 Å². The maximum atomic E-state index is 12.7. The molecular formula is C20H27N5O. The quantitative estimate of drug-likeness (QED) is 0.896. The van der Waals surface area contributed by atoms with Crippen LogP contribution in [0, 0.1) is 0 Å². The van der Waals surface area contributed by atoms with E-state index in [4.69, 9.17) is 0 Å². The molecule has 0 spiro atoms. The molecule has 6 heteroatoms. The van der Waals surface area contributed by atoms with Gasteiger partial charge in [-0.15, -0.1) is 0 Å². The van der Waals surface area contributed by atoms with Crippen molar-refractivity contribution in [2.24, 2.45) is 0 Å². The fourth-order valence-corrected chi connectivity index (χ4v) is 3.27. The summed E-state index contributed by atoms with van der Waals surface area (Å²) in [5.41, 5.74) is 2.52. The Labute approximate surface area is 155 Å². The van der Waals surface area contributed by atoms with Gasteiger partial charge in [-0.25, -0.2) is 9.97 Å². The van der Waals surface area contributed by atoms with Gasteiger partial charge >= 0.3 is 0 Å². The number of carbonyl (C=O) groups excluding carboxylic acids is 1. The van der Waals surface area contributed by atoms with Crippen molar-refractivity contribution in [2.75, 3.05) is 32.5 Å². The molecule has 1 aromatic carbocycles. The molecule has 1 atom stereocenters. The van der Waals surface area contributed by atoms with E-state index in [-0.39, 0.29) is 5.91 Å². The summed E-state index contributed by atoms with van der Waals surface area (Å²) in [4.78, 5) is 25.4. The number of nitrogens with one attached hydrogen (secondary N) is 1. The van der Waals surface area contributed by atoms with E-state index in [9.17, 15) is 4.79 Å². The van der Waals surface area contributed by atoms with Crippen LogP contribution < -0.4 is 5.32 Å². The highest BCUT2D eigenvalue weighted by Gasteiger charge is 2.26. The van der Waals surface area contributed by atoms with E-state index in [1.807, 2.05) is 42.3 Å². The summed E-state index contributed by atoms with van der Waals surface area (Å²) in [5, 5.41) is 3.28. The van der Waals surface area contributed by atoms with Crippen molar-refractivity contribution in [3.8, 4) is 11.3 Å². The minimum Gasteiger partial charge on any atom is -0.368 e. The van der Waals surface area contributed by atoms with Gasteiger partial charge in [-0.3, -0.25) is 4.79 Å². The van der Waals surface area contributed by atoms with Gasteiger partial charge in [0.25, 0.3) is 5.91 Å². The number of likely N-dealkylation sites (N-methyl/N-ethyl adjacent to an activating group) is 2. The van der Waals surface area contributed by atoms with Gasteiger partial charge in [0.1, 0.15) is 12.1 Å². The lowest BCUT2D eigenvalue weighted by Crippen LogP contribution is -2.38. The van der Waals surface area contributed by atoms with E-state index in [2.05, 4.69) is 41.1 Å². The molecule has 1 aliphatic heterocycles. The van der Waals surface area contributed by atoms with E-state index >= 15 is 0 Å². The molecule has 1 aliphatic rings. The van der Waals surface area contributed by atoms with E-state index in [1.54, 1.807) is 6.33 Å². The van der Waals surface area contributed by atoms with Gasteiger partial charge in [0, 0.05) is 42.9 Å². The SMILES string of the molecule is CC(C)Nc1cc(-c2ccc(C(=O)N(C)[C@H]3CCN(C)C3)cc2)ncn1. The number of anilines is 1. The maximum absolute atomic E-state index is 12.7. The Hall–Kier alpha value is -2.47. The second-order valence-electron chi connectivity index (χ2n) is 7.29. The van der Waals surface area contributed by atoms with Crippen LogP contribution in [-0.4, -0.2) is 64.9 Å². The Bertz CT molecular complexity index is 759. The zero-order valence-corrected chi connectivity index (χ0v) is 15.9. The number of likely N-dealkylation sites (tertiary alicyclic amines) is 1. The van der Waals surface area contributed by atoms with Crippen molar-refractivity contribution in [3.05, 3.63) is 42.2 Å². The van der Waals surface area contributed by atoms with Crippen LogP contribution in [0.15, 0.2) is 36.7 Å². The lowest BCUT2D eigenvalue weighted by atomic mass is 10.1. The van der Waals surface area contributed by atoms with Gasteiger partial charge in [-0.05, 0) is 46.0 Å². The van der Waals surface area contributed by atoms with Gasteiger partial charge < -0.3 is 15.1 Å². The number of carbonyl (C=O) groups is 1. The standard InChI is InChI=1S/C20H27N5O/c1-14(2)23-19-11-18(21-13-22-19)15-5-7-16(8-6-15)20(26)25(4)17-9-10-24(3)12-17/h5-8,11,13-14,17H,9-10,12H2,1-4H3,(H,21,22,23)/t17-/m0/s1. The summed E-state index contributed by atoms with van der Waals surface area (Å²) in [6.07, 6.45) is 2.59. The Morgan fingerprint density at radius 1 is 1.27 bits per heavy atom. The van der Waals surface area contributed by atoms with Crippen molar-refractivity contribution in [2.45, 2.75) is 32.4 Å². The molecule has 0 aliphatic carbocycles. The molecule has 2 heterocycles. The average Bonchev–Trinajstić information content (AvgIpc) is 3.07. The van der Waals surface area contributed by atoms with Crippen LogP contribution >= 0.6 is 0 Å². The Morgan fingerprint density at radius 2 is 2.00 bits per heavy atom. The first kappa shape index (κ1) is 18.3. The molecule has 1 amide bonds. The number of rotatable bonds is 5. The third kappa shape index (κ3) is 4.19. The van der Waals surface area contributed by atoms with E-state index < -0.39 is 0 Å². The number of hydrogen-bond donors (Lipinski definition) is 1. The van der Waals surface area contributed by atoms with E-state index in [0.29, 0.717) is 17.6 Å². The summed E-state index contributed by atoms with van der Waals surface area (Å²) >= 11 is 0. The molecule has 138 valence electrons. The van der Waals surface area contributed by atoms with Crippen LogP contribution in [0.4, 0.5) is 5.82 Å². The molecule has 0 radical (unpaired) electrons. The van der Waals surface area contributed by atoms with Crippen molar-refractivity contribution in [3.63, 3.8) is 0 Å². The molecule has 0 unspecified atom stereocenters. The Kier molecular flexibility index (Phi) is 5.52. The van der Waals surface area contributed by atoms with Crippen LogP contribution in [0.5, 0.6) is 0 Å². The Balaban J connectivity index is 1.73. The van der Waals surface area contributed by atoms with Gasteiger partial charge in [0.2, 0.25) is 0 Å². The number of nitrogens with zero attached hydrogens (tertiary/aromatic N) is 4. The van der Waals surface area contributed by atoms with Gasteiger partial charge in [-0.1, -0.05) is 12.1 Å². The van der Waals surface area contributed by atoms with E-state index in [0.717, 1.165) is 36.6 Å². The molecule has 6 nitrogen and oxygen atoms in total. The highest BCUT2D eigenvalue weighted by Crippen LogP contribution is 2.21. The molecular weight excluding hydrogens is 326 g/mol. The first-order valence-corrected chi connectivity index (χ1v) is 9.09. The first-order chi connectivity index (χ1) is 12.4. The van der Waals surface area contributed by atoms with Crippen LogP contribution in [0.1, 0.15) is 30.6 Å². The first-order valence-electron chi connectivity index (χ1n) is 9.09. The van der Waals surface area contributed by atoms with Crippen molar-refractivity contribution < 1.29 is 4.79 Å². The number of benzene rings is 1. The second-order valence-corrected chi connectivity index (χ2v) is 7.29. The van der Waals surface area contributed by atoms with Crippen LogP contribution in [0.2, 0.25) is 0 Å². The fourth-order valence-electron chi connectivity index (χ4n) is 3.27. The van der Waals surface area contributed by atoms with Crippen LogP contribution in [0.3, 0.4) is 0 Å². The molecule has 1 saturated heterocycles. The second kappa shape index (κ2) is 7.83. The minimum atomic E-state index is 0.0710. The summed E-state index contributed by atoms with van der Waals surface area (Å²) in [6, 6.07) is 10.2. The molecule has 0 saturated carbocycles. The lowest BCUT2D eigenvalue weighted by molar-refractivity contribution is 0.0737. The molecule has 1 fully saturated rings. The van der Waals surface area contributed by atoms with Gasteiger partial charge in [0.15, 0.2) is 0 Å². The molecule has 1 N–H and O–H groups in total. The number of aromatic nitrogens is 2. The normalized spacial score (nSPS) is 17.5. The number of amides is 1. The summed E-state index contributed by atoms with van der Waals surface area (Å²) in [6.45, 7) is 6.12. The fraction of sp³-hybridized carbons (Fsp3) is 0.450. The molecule has 0 bridgehead atoms. The lowest BCUT2D eigenvalue weighted by Gasteiger charge is -2.24. The van der Waals surface area contributed by atoms with Gasteiger partial charge in [-0.2, -0.15) is 0 Å². The smallest absolute Gasteiger partial charge is 0.253 e.